The normalized spacial score (nSPS) is 12.1. The quantitative estimate of drug-likeness (QED) is 0.848. The van der Waals surface area contributed by atoms with E-state index in [2.05, 4.69) is 4.72 Å². The van der Waals surface area contributed by atoms with Crippen LogP contribution in [-0.4, -0.2) is 16.8 Å². The van der Waals surface area contributed by atoms with Crippen molar-refractivity contribution in [2.45, 2.75) is 9.79 Å². The topological polar surface area (TPSA) is 106 Å². The van der Waals surface area contributed by atoms with Gasteiger partial charge in [-0.25, -0.2) is 22.0 Å². The first-order valence-electron chi connectivity index (χ1n) is 5.71. The molecule has 0 saturated heterocycles. The molecule has 0 unspecified atom stereocenters. The zero-order valence-corrected chi connectivity index (χ0v) is 14.0. The van der Waals surface area contributed by atoms with Crippen molar-refractivity contribution in [1.29, 1.82) is 0 Å². The summed E-state index contributed by atoms with van der Waals surface area (Å²) >= 11 is 11.7. The van der Waals surface area contributed by atoms with Gasteiger partial charge in [-0.15, -0.1) is 0 Å². The minimum Gasteiger partial charge on any atom is -0.280 e. The van der Waals surface area contributed by atoms with E-state index in [-0.39, 0.29) is 25.5 Å². The lowest BCUT2D eigenvalue weighted by Gasteiger charge is -2.11. The second-order valence-electron chi connectivity index (χ2n) is 4.23. The number of hydrogen-bond donors (Lipinski definition) is 2. The Kier molecular flexibility index (Phi) is 4.69. The van der Waals surface area contributed by atoms with Crippen molar-refractivity contribution in [2.75, 3.05) is 4.72 Å². The number of benzene rings is 2. The van der Waals surface area contributed by atoms with Gasteiger partial charge in [-0.2, -0.15) is 0 Å². The molecule has 22 heavy (non-hydrogen) atoms. The molecule has 10 heteroatoms. The predicted octanol–water partition coefficient (Wildman–Crippen LogP) is 2.44. The zero-order chi connectivity index (χ0) is 16.5. The average Bonchev–Trinajstić information content (AvgIpc) is 2.40. The first-order chi connectivity index (χ1) is 10.1. The third kappa shape index (κ3) is 3.71. The van der Waals surface area contributed by atoms with Gasteiger partial charge in [0.05, 0.1) is 20.6 Å². The molecule has 0 aromatic heterocycles. The van der Waals surface area contributed by atoms with Crippen molar-refractivity contribution in [1.82, 2.24) is 0 Å². The SMILES string of the molecule is NS(=O)(=O)c1cccc(NS(=O)(=O)c2cccc(Cl)c2Cl)c1. The van der Waals surface area contributed by atoms with Crippen molar-refractivity contribution in [2.24, 2.45) is 5.14 Å². The smallest absolute Gasteiger partial charge is 0.263 e. The van der Waals surface area contributed by atoms with Crippen molar-refractivity contribution in [3.63, 3.8) is 0 Å². The molecule has 0 radical (unpaired) electrons. The van der Waals surface area contributed by atoms with Crippen LogP contribution in [0, 0.1) is 0 Å². The summed E-state index contributed by atoms with van der Waals surface area (Å²) in [5.41, 5.74) is 0.0302. The van der Waals surface area contributed by atoms with Crippen molar-refractivity contribution >= 4 is 48.9 Å². The maximum atomic E-state index is 12.3. The number of primary sulfonamides is 1. The summed E-state index contributed by atoms with van der Waals surface area (Å²) in [4.78, 5) is -0.437. The Labute approximate surface area is 138 Å². The Hall–Kier alpha value is -1.32. The molecular formula is C12H10Cl2N2O4S2. The second kappa shape index (κ2) is 6.05. The standard InChI is InChI=1S/C12H10Cl2N2O4S2/c13-10-5-2-6-11(12(10)14)22(19,20)16-8-3-1-4-9(7-8)21(15,17)18/h1-7,16H,(H2,15,17,18). The number of halogens is 2. The fourth-order valence-electron chi connectivity index (χ4n) is 1.64. The van der Waals surface area contributed by atoms with Gasteiger partial charge in [0.15, 0.2) is 0 Å². The Morgan fingerprint density at radius 2 is 1.59 bits per heavy atom. The predicted molar refractivity (Wildman–Crippen MR) is 85.1 cm³/mol. The van der Waals surface area contributed by atoms with Crippen LogP contribution in [0.25, 0.3) is 0 Å². The zero-order valence-electron chi connectivity index (χ0n) is 10.8. The van der Waals surface area contributed by atoms with Gasteiger partial charge in [0, 0.05) is 0 Å². The van der Waals surface area contributed by atoms with E-state index >= 15 is 0 Å². The molecular weight excluding hydrogens is 371 g/mol. The molecule has 0 fully saturated rings. The van der Waals surface area contributed by atoms with Gasteiger partial charge in [0.25, 0.3) is 10.0 Å². The second-order valence-corrected chi connectivity index (χ2v) is 8.23. The summed E-state index contributed by atoms with van der Waals surface area (Å²) in [6.07, 6.45) is 0. The average molecular weight is 381 g/mol. The minimum absolute atomic E-state index is 0.0302. The van der Waals surface area contributed by atoms with Crippen LogP contribution in [0.4, 0.5) is 5.69 Å². The van der Waals surface area contributed by atoms with Crippen LogP contribution in [0.15, 0.2) is 52.3 Å². The van der Waals surface area contributed by atoms with E-state index in [0.29, 0.717) is 0 Å². The maximum Gasteiger partial charge on any atom is 0.263 e. The monoisotopic (exact) mass is 380 g/mol. The lowest BCUT2D eigenvalue weighted by Crippen LogP contribution is -2.15. The molecule has 0 bridgehead atoms. The number of nitrogens with two attached hydrogens (primary N) is 1. The highest BCUT2D eigenvalue weighted by Gasteiger charge is 2.20. The minimum atomic E-state index is -4.03. The summed E-state index contributed by atoms with van der Waals surface area (Å²) in [6, 6.07) is 9.25. The Morgan fingerprint density at radius 3 is 2.23 bits per heavy atom. The summed E-state index contributed by atoms with van der Waals surface area (Å²) in [6.45, 7) is 0. The van der Waals surface area contributed by atoms with E-state index in [9.17, 15) is 16.8 Å². The Bertz CT molecular complexity index is 928. The van der Waals surface area contributed by atoms with Crippen LogP contribution in [0.1, 0.15) is 0 Å². The highest BCUT2D eigenvalue weighted by atomic mass is 35.5. The summed E-state index contributed by atoms with van der Waals surface area (Å²) in [7, 11) is -7.97. The lowest BCUT2D eigenvalue weighted by molar-refractivity contribution is 0.596. The summed E-state index contributed by atoms with van der Waals surface area (Å²) < 4.78 is 49.4. The first-order valence-corrected chi connectivity index (χ1v) is 9.49. The molecule has 0 atom stereocenters. The lowest BCUT2D eigenvalue weighted by atomic mass is 10.3. The van der Waals surface area contributed by atoms with E-state index in [1.165, 1.54) is 36.4 Å². The number of hydrogen-bond acceptors (Lipinski definition) is 4. The molecule has 0 saturated carbocycles. The number of anilines is 1. The van der Waals surface area contributed by atoms with E-state index in [1.54, 1.807) is 0 Å². The molecule has 0 amide bonds. The fourth-order valence-corrected chi connectivity index (χ4v) is 4.01. The van der Waals surface area contributed by atoms with Crippen LogP contribution in [0.3, 0.4) is 0 Å². The number of sulfonamides is 2. The van der Waals surface area contributed by atoms with Gasteiger partial charge in [-0.1, -0.05) is 35.3 Å². The van der Waals surface area contributed by atoms with Crippen molar-refractivity contribution in [3.05, 3.63) is 52.5 Å². The van der Waals surface area contributed by atoms with Crippen molar-refractivity contribution in [3.8, 4) is 0 Å². The molecule has 3 N–H and O–H groups in total. The molecule has 6 nitrogen and oxygen atoms in total. The van der Waals surface area contributed by atoms with Gasteiger partial charge in [0.1, 0.15) is 4.90 Å². The van der Waals surface area contributed by atoms with Crippen LogP contribution in [-0.2, 0) is 20.0 Å². The van der Waals surface area contributed by atoms with Crippen LogP contribution in [0.2, 0.25) is 10.0 Å². The maximum absolute atomic E-state index is 12.3. The molecule has 0 aliphatic carbocycles. The highest BCUT2D eigenvalue weighted by molar-refractivity contribution is 7.93. The molecule has 2 aromatic carbocycles. The van der Waals surface area contributed by atoms with Gasteiger partial charge >= 0.3 is 0 Å². The van der Waals surface area contributed by atoms with Crippen LogP contribution >= 0.6 is 23.2 Å². The summed E-state index contributed by atoms with van der Waals surface area (Å²) in [5.74, 6) is 0. The fraction of sp³-hybridized carbons (Fsp3) is 0. The van der Waals surface area contributed by atoms with E-state index in [4.69, 9.17) is 28.3 Å². The molecule has 0 spiro atoms. The van der Waals surface area contributed by atoms with E-state index < -0.39 is 20.0 Å². The molecule has 0 aliphatic heterocycles. The molecule has 2 aromatic rings. The van der Waals surface area contributed by atoms with E-state index in [0.717, 1.165) is 6.07 Å². The van der Waals surface area contributed by atoms with Gasteiger partial charge in [-0.3, -0.25) is 4.72 Å². The Morgan fingerprint density at radius 1 is 0.955 bits per heavy atom. The van der Waals surface area contributed by atoms with Crippen LogP contribution < -0.4 is 9.86 Å². The largest absolute Gasteiger partial charge is 0.280 e. The molecule has 0 aliphatic rings. The molecule has 2 rings (SSSR count). The van der Waals surface area contributed by atoms with E-state index in [1.807, 2.05) is 0 Å². The van der Waals surface area contributed by atoms with Gasteiger partial charge in [0.2, 0.25) is 10.0 Å². The third-order valence-corrected chi connectivity index (χ3v) is 5.89. The van der Waals surface area contributed by atoms with Gasteiger partial charge < -0.3 is 0 Å². The van der Waals surface area contributed by atoms with Crippen LogP contribution in [0.5, 0.6) is 0 Å². The summed E-state index contributed by atoms with van der Waals surface area (Å²) in [5, 5.41) is 4.96. The highest BCUT2D eigenvalue weighted by Crippen LogP contribution is 2.30. The molecule has 118 valence electrons. The number of rotatable bonds is 4. The van der Waals surface area contributed by atoms with Crippen molar-refractivity contribution < 1.29 is 16.8 Å². The van der Waals surface area contributed by atoms with Gasteiger partial charge in [-0.05, 0) is 30.3 Å². The number of nitrogens with one attached hydrogen (secondary N) is 1. The molecule has 0 heterocycles. The first kappa shape index (κ1) is 17.0. The third-order valence-electron chi connectivity index (χ3n) is 2.62. The Balaban J connectivity index is 2.44.